The van der Waals surface area contributed by atoms with Crippen LogP contribution in [-0.2, 0) is 19.1 Å². The van der Waals surface area contributed by atoms with Gasteiger partial charge in [0.2, 0.25) is 0 Å². The molecule has 242 valence electrons. The monoisotopic (exact) mass is 590 g/mol. The lowest BCUT2D eigenvalue weighted by molar-refractivity contribution is -0.161. The number of aliphatic hydroxyl groups is 2. The largest absolute Gasteiger partial charge is 0.462 e. The van der Waals surface area contributed by atoms with Gasteiger partial charge in [-0.25, -0.2) is 0 Å². The number of hydrogen-bond acceptors (Lipinski definition) is 6. The third-order valence-electron chi connectivity index (χ3n) is 6.96. The van der Waals surface area contributed by atoms with E-state index in [1.807, 2.05) is 42.5 Å². The molecule has 0 aliphatic rings. The number of carbonyl (C=O) groups excluding carboxylic acids is 2. The molecule has 0 aliphatic heterocycles. The first-order chi connectivity index (χ1) is 20.5. The van der Waals surface area contributed by atoms with Crippen molar-refractivity contribution in [1.82, 2.24) is 0 Å². The van der Waals surface area contributed by atoms with Crippen LogP contribution in [0.15, 0.2) is 48.6 Å². The number of hydrogen-bond donors (Lipinski definition) is 2. The Labute approximate surface area is 257 Å². The van der Waals surface area contributed by atoms with Crippen molar-refractivity contribution in [2.45, 2.75) is 154 Å². The van der Waals surface area contributed by atoms with Crippen molar-refractivity contribution in [3.05, 3.63) is 48.6 Å². The van der Waals surface area contributed by atoms with Gasteiger partial charge in [0.1, 0.15) is 6.61 Å². The number of allylic oxidation sites excluding steroid dienone is 6. The molecule has 42 heavy (non-hydrogen) atoms. The number of ether oxygens (including phenoxy) is 2. The molecule has 0 bridgehead atoms. The second kappa shape index (κ2) is 31.7. The van der Waals surface area contributed by atoms with Crippen LogP contribution in [-0.4, -0.2) is 47.6 Å². The third-order valence-corrected chi connectivity index (χ3v) is 6.96. The van der Waals surface area contributed by atoms with Crippen molar-refractivity contribution in [3.63, 3.8) is 0 Å². The Morgan fingerprint density at radius 3 is 1.95 bits per heavy atom. The first-order valence-electron chi connectivity index (χ1n) is 16.8. The smallest absolute Gasteiger partial charge is 0.306 e. The number of esters is 2. The Morgan fingerprint density at radius 1 is 0.667 bits per heavy atom. The van der Waals surface area contributed by atoms with Gasteiger partial charge < -0.3 is 19.7 Å². The molecule has 0 saturated heterocycles. The van der Waals surface area contributed by atoms with Crippen LogP contribution in [0.1, 0.15) is 142 Å². The average Bonchev–Trinajstić information content (AvgIpc) is 2.98. The van der Waals surface area contributed by atoms with Crippen molar-refractivity contribution in [1.29, 1.82) is 0 Å². The molecule has 6 heteroatoms. The van der Waals surface area contributed by atoms with Gasteiger partial charge in [-0.2, -0.15) is 0 Å². The first-order valence-corrected chi connectivity index (χ1v) is 16.8. The van der Waals surface area contributed by atoms with Gasteiger partial charge in [-0.05, 0) is 44.9 Å². The van der Waals surface area contributed by atoms with E-state index in [1.54, 1.807) is 0 Å². The van der Waals surface area contributed by atoms with Crippen LogP contribution in [0.2, 0.25) is 0 Å². The highest BCUT2D eigenvalue weighted by atomic mass is 16.6. The third kappa shape index (κ3) is 29.3. The van der Waals surface area contributed by atoms with Gasteiger partial charge in [-0.3, -0.25) is 9.59 Å². The van der Waals surface area contributed by atoms with Crippen LogP contribution in [0.5, 0.6) is 0 Å². The molecular weight excluding hydrogens is 528 g/mol. The van der Waals surface area contributed by atoms with E-state index < -0.39 is 12.2 Å². The molecular formula is C36H62O6. The molecule has 0 unspecified atom stereocenters. The summed E-state index contributed by atoms with van der Waals surface area (Å²) >= 11 is 0. The Balaban J connectivity index is 3.79. The van der Waals surface area contributed by atoms with E-state index >= 15 is 0 Å². The first kappa shape index (κ1) is 39.8. The molecule has 0 rings (SSSR count). The van der Waals surface area contributed by atoms with E-state index in [0.29, 0.717) is 19.3 Å². The minimum Gasteiger partial charge on any atom is -0.462 e. The van der Waals surface area contributed by atoms with Crippen LogP contribution >= 0.6 is 0 Å². The summed E-state index contributed by atoms with van der Waals surface area (Å²) in [5.74, 6) is -0.703. The standard InChI is InChI=1S/C36H62O6/c1-3-5-7-9-11-12-13-17-22-26-30-36(40)42-34(31-37)32-41-35(39)29-25-21-18-14-16-20-24-28-33(38)27-23-19-15-10-8-6-4-2/h14-15,18-20,23-24,27,33-34,37-38H,3-13,16-17,21-22,25-26,28-32H2,1-2H3/b18-14+,19-15-,24-20-,27-23-/t33-,34+/m1/s1. The minimum atomic E-state index is -0.808. The summed E-state index contributed by atoms with van der Waals surface area (Å²) in [7, 11) is 0. The lowest BCUT2D eigenvalue weighted by atomic mass is 10.1. The van der Waals surface area contributed by atoms with Crippen LogP contribution in [0.3, 0.4) is 0 Å². The van der Waals surface area contributed by atoms with Gasteiger partial charge in [-0.15, -0.1) is 0 Å². The van der Waals surface area contributed by atoms with Gasteiger partial charge in [0.05, 0.1) is 12.7 Å². The summed E-state index contributed by atoms with van der Waals surface area (Å²) in [5, 5.41) is 19.4. The van der Waals surface area contributed by atoms with Gasteiger partial charge in [0.25, 0.3) is 0 Å². The quantitative estimate of drug-likeness (QED) is 0.0391. The van der Waals surface area contributed by atoms with Crippen LogP contribution in [0.4, 0.5) is 0 Å². The minimum absolute atomic E-state index is 0.115. The highest BCUT2D eigenvalue weighted by molar-refractivity contribution is 5.70. The summed E-state index contributed by atoms with van der Waals surface area (Å²) in [4.78, 5) is 24.0. The molecule has 0 aromatic heterocycles. The highest BCUT2D eigenvalue weighted by Crippen LogP contribution is 2.12. The van der Waals surface area contributed by atoms with Crippen molar-refractivity contribution < 1.29 is 29.3 Å². The fourth-order valence-electron chi connectivity index (χ4n) is 4.33. The van der Waals surface area contributed by atoms with Crippen molar-refractivity contribution in [2.75, 3.05) is 13.2 Å². The summed E-state index contributed by atoms with van der Waals surface area (Å²) < 4.78 is 10.5. The molecule has 6 nitrogen and oxygen atoms in total. The van der Waals surface area contributed by atoms with E-state index in [9.17, 15) is 19.8 Å². The number of rotatable bonds is 29. The zero-order valence-electron chi connectivity index (χ0n) is 26.9. The van der Waals surface area contributed by atoms with Crippen LogP contribution < -0.4 is 0 Å². The lowest BCUT2D eigenvalue weighted by Gasteiger charge is -2.15. The Kier molecular flexibility index (Phi) is 30.1. The Hall–Kier alpha value is -2.18. The molecule has 0 aromatic rings. The number of carbonyl (C=O) groups is 2. The number of unbranched alkanes of at least 4 members (excludes halogenated alkanes) is 13. The van der Waals surface area contributed by atoms with Crippen LogP contribution in [0.25, 0.3) is 0 Å². The zero-order chi connectivity index (χ0) is 30.9. The molecule has 0 aliphatic carbocycles. The molecule has 2 N–H and O–H groups in total. The summed E-state index contributed by atoms with van der Waals surface area (Å²) in [6.45, 7) is 3.95. The second-order valence-corrected chi connectivity index (χ2v) is 11.1. The predicted molar refractivity (Wildman–Crippen MR) is 174 cm³/mol. The van der Waals surface area contributed by atoms with Gasteiger partial charge in [0, 0.05) is 12.8 Å². The molecule has 0 fully saturated rings. The summed E-state index contributed by atoms with van der Waals surface area (Å²) in [6, 6.07) is 0. The average molecular weight is 591 g/mol. The van der Waals surface area contributed by atoms with E-state index in [-0.39, 0.29) is 31.6 Å². The Morgan fingerprint density at radius 2 is 1.26 bits per heavy atom. The normalized spacial score (nSPS) is 13.5. The summed E-state index contributed by atoms with van der Waals surface area (Å²) in [5.41, 5.74) is 0. The van der Waals surface area contributed by atoms with Crippen molar-refractivity contribution in [2.24, 2.45) is 0 Å². The lowest BCUT2D eigenvalue weighted by Crippen LogP contribution is -2.28. The van der Waals surface area contributed by atoms with E-state index in [1.165, 1.54) is 64.2 Å². The SMILES string of the molecule is CCCCC/C=C\C=C/[C@@H](O)C/C=C\C/C=C/CCCC(=O)OC[C@H](CO)OC(=O)CCCCCCCCCCCC. The summed E-state index contributed by atoms with van der Waals surface area (Å²) in [6.07, 6.45) is 34.8. The van der Waals surface area contributed by atoms with E-state index in [4.69, 9.17) is 9.47 Å². The number of aliphatic hydroxyl groups excluding tert-OH is 2. The van der Waals surface area contributed by atoms with Crippen molar-refractivity contribution >= 4 is 11.9 Å². The van der Waals surface area contributed by atoms with Gasteiger partial charge in [0.15, 0.2) is 6.10 Å². The fraction of sp³-hybridized carbons (Fsp3) is 0.722. The second-order valence-electron chi connectivity index (χ2n) is 11.1. The molecule has 0 aromatic carbocycles. The molecule has 0 radical (unpaired) electrons. The maximum atomic E-state index is 12.1. The molecule has 0 heterocycles. The van der Waals surface area contributed by atoms with Crippen molar-refractivity contribution in [3.8, 4) is 0 Å². The van der Waals surface area contributed by atoms with E-state index in [2.05, 4.69) is 19.9 Å². The fourth-order valence-corrected chi connectivity index (χ4v) is 4.33. The molecule has 2 atom stereocenters. The predicted octanol–water partition coefficient (Wildman–Crippen LogP) is 8.86. The zero-order valence-corrected chi connectivity index (χ0v) is 26.9. The molecule has 0 amide bonds. The maximum Gasteiger partial charge on any atom is 0.306 e. The Bertz CT molecular complexity index is 739. The highest BCUT2D eigenvalue weighted by Gasteiger charge is 2.16. The van der Waals surface area contributed by atoms with Gasteiger partial charge >= 0.3 is 11.9 Å². The molecule has 0 saturated carbocycles. The maximum absolute atomic E-state index is 12.1. The topological polar surface area (TPSA) is 93.1 Å². The van der Waals surface area contributed by atoms with Gasteiger partial charge in [-0.1, -0.05) is 133 Å². The molecule has 0 spiro atoms. The van der Waals surface area contributed by atoms with Crippen LogP contribution in [0, 0.1) is 0 Å². The van der Waals surface area contributed by atoms with E-state index in [0.717, 1.165) is 38.5 Å².